The van der Waals surface area contributed by atoms with Crippen LogP contribution in [0.1, 0.15) is 18.4 Å². The van der Waals surface area contributed by atoms with E-state index >= 15 is 0 Å². The van der Waals surface area contributed by atoms with Gasteiger partial charge in [-0.1, -0.05) is 0 Å². The first-order valence-corrected chi connectivity index (χ1v) is 8.37. The lowest BCUT2D eigenvalue weighted by atomic mass is 10.00. The van der Waals surface area contributed by atoms with Crippen LogP contribution in [0.4, 0.5) is 4.39 Å². The molecule has 2 N–H and O–H groups in total. The Hall–Kier alpha value is -1.51. The number of hydrogen-bond acceptors (Lipinski definition) is 4. The number of carbonyl (C=O) groups is 1. The molecule has 1 aliphatic rings. The van der Waals surface area contributed by atoms with Crippen LogP contribution < -0.4 is 4.72 Å². The lowest BCUT2D eigenvalue weighted by Crippen LogP contribution is -2.42. The summed E-state index contributed by atoms with van der Waals surface area (Å²) in [5.74, 6) is -1.75. The van der Waals surface area contributed by atoms with Crippen molar-refractivity contribution in [2.24, 2.45) is 5.92 Å². The third kappa shape index (κ3) is 4.02. The monoisotopic (exact) mass is 331 g/mol. The molecule has 0 amide bonds. The highest BCUT2D eigenvalue weighted by Crippen LogP contribution is 2.20. The first-order valence-electron chi connectivity index (χ1n) is 6.88. The Morgan fingerprint density at radius 3 is 2.82 bits per heavy atom. The summed E-state index contributed by atoms with van der Waals surface area (Å²) in [6.45, 7) is 2.43. The zero-order valence-electron chi connectivity index (χ0n) is 12.1. The van der Waals surface area contributed by atoms with E-state index in [9.17, 15) is 22.7 Å². The minimum absolute atomic E-state index is 0.0127. The van der Waals surface area contributed by atoms with E-state index in [4.69, 9.17) is 4.74 Å². The van der Waals surface area contributed by atoms with Crippen LogP contribution in [0.2, 0.25) is 0 Å². The predicted molar refractivity (Wildman–Crippen MR) is 76.4 cm³/mol. The van der Waals surface area contributed by atoms with E-state index in [-0.39, 0.29) is 22.8 Å². The number of hydrogen-bond donors (Lipinski definition) is 2. The summed E-state index contributed by atoms with van der Waals surface area (Å²) in [5, 5.41) is 9.21. The van der Waals surface area contributed by atoms with Crippen LogP contribution in [0.5, 0.6) is 0 Å². The van der Waals surface area contributed by atoms with Gasteiger partial charge in [0.2, 0.25) is 10.0 Å². The molecule has 1 aromatic carbocycles. The Morgan fingerprint density at radius 2 is 2.27 bits per heavy atom. The number of halogens is 1. The van der Waals surface area contributed by atoms with Crippen LogP contribution >= 0.6 is 0 Å². The van der Waals surface area contributed by atoms with E-state index in [1.54, 1.807) is 0 Å². The zero-order chi connectivity index (χ0) is 16.3. The van der Waals surface area contributed by atoms with Crippen LogP contribution in [0, 0.1) is 18.7 Å². The second-order valence-corrected chi connectivity index (χ2v) is 7.10. The van der Waals surface area contributed by atoms with E-state index in [0.29, 0.717) is 19.6 Å². The Bertz CT molecular complexity index is 655. The lowest BCUT2D eigenvalue weighted by Gasteiger charge is -2.17. The molecule has 22 heavy (non-hydrogen) atoms. The van der Waals surface area contributed by atoms with Crippen LogP contribution in [0.25, 0.3) is 0 Å². The van der Waals surface area contributed by atoms with Gasteiger partial charge in [0, 0.05) is 13.2 Å². The highest BCUT2D eigenvalue weighted by Gasteiger charge is 2.29. The molecule has 6 nitrogen and oxygen atoms in total. The fourth-order valence-corrected chi connectivity index (χ4v) is 3.63. The largest absolute Gasteiger partial charge is 0.480 e. The SMILES string of the molecule is Cc1cc(S(=O)(=O)NC(CC2CCOC2)C(=O)O)ccc1F. The molecule has 0 spiro atoms. The Labute approximate surface area is 128 Å². The van der Waals surface area contributed by atoms with E-state index in [1.807, 2.05) is 0 Å². The topological polar surface area (TPSA) is 92.7 Å². The van der Waals surface area contributed by atoms with Crippen LogP contribution in [-0.4, -0.2) is 38.7 Å². The molecule has 2 unspecified atom stereocenters. The fraction of sp³-hybridized carbons (Fsp3) is 0.500. The number of benzene rings is 1. The van der Waals surface area contributed by atoms with Crippen LogP contribution in [0.15, 0.2) is 23.1 Å². The first kappa shape index (κ1) is 16.9. The van der Waals surface area contributed by atoms with Gasteiger partial charge in [-0.25, -0.2) is 12.8 Å². The van der Waals surface area contributed by atoms with Crippen molar-refractivity contribution >= 4 is 16.0 Å². The smallest absolute Gasteiger partial charge is 0.321 e. The van der Waals surface area contributed by atoms with E-state index in [0.717, 1.165) is 12.1 Å². The number of sulfonamides is 1. The molecule has 1 aliphatic heterocycles. The zero-order valence-corrected chi connectivity index (χ0v) is 12.9. The second-order valence-electron chi connectivity index (χ2n) is 5.39. The molecule has 2 rings (SSSR count). The number of aryl methyl sites for hydroxylation is 1. The fourth-order valence-electron chi connectivity index (χ4n) is 2.34. The van der Waals surface area contributed by atoms with Crippen molar-refractivity contribution in [2.45, 2.75) is 30.7 Å². The second kappa shape index (κ2) is 6.72. The molecular weight excluding hydrogens is 313 g/mol. The molecule has 1 saturated heterocycles. The highest BCUT2D eigenvalue weighted by molar-refractivity contribution is 7.89. The van der Waals surface area contributed by atoms with Gasteiger partial charge in [-0.05, 0) is 49.4 Å². The Balaban J connectivity index is 2.16. The maximum Gasteiger partial charge on any atom is 0.321 e. The Morgan fingerprint density at radius 1 is 1.55 bits per heavy atom. The van der Waals surface area contributed by atoms with Crippen molar-refractivity contribution in [3.63, 3.8) is 0 Å². The van der Waals surface area contributed by atoms with Gasteiger partial charge in [-0.15, -0.1) is 0 Å². The molecular formula is C14H18FNO5S. The minimum atomic E-state index is -4.02. The van der Waals surface area contributed by atoms with Crippen molar-refractivity contribution in [2.75, 3.05) is 13.2 Å². The van der Waals surface area contributed by atoms with Gasteiger partial charge in [0.1, 0.15) is 11.9 Å². The molecule has 0 aliphatic carbocycles. The van der Waals surface area contributed by atoms with Gasteiger partial charge in [-0.2, -0.15) is 4.72 Å². The Kier molecular flexibility index (Phi) is 5.15. The van der Waals surface area contributed by atoms with Crippen molar-refractivity contribution in [1.82, 2.24) is 4.72 Å². The average Bonchev–Trinajstić information content (AvgIpc) is 2.93. The molecule has 0 bridgehead atoms. The molecule has 0 radical (unpaired) electrons. The summed E-state index contributed by atoms with van der Waals surface area (Å²) < 4.78 is 45.1. The molecule has 0 saturated carbocycles. The molecule has 2 atom stereocenters. The predicted octanol–water partition coefficient (Wildman–Crippen LogP) is 1.29. The van der Waals surface area contributed by atoms with E-state index in [2.05, 4.69) is 4.72 Å². The van der Waals surface area contributed by atoms with Crippen molar-refractivity contribution in [1.29, 1.82) is 0 Å². The first-order chi connectivity index (χ1) is 10.3. The summed E-state index contributed by atoms with van der Waals surface area (Å²) in [6.07, 6.45) is 0.871. The highest BCUT2D eigenvalue weighted by atomic mass is 32.2. The average molecular weight is 331 g/mol. The number of carboxylic acid groups (broad SMARTS) is 1. The normalized spacial score (nSPS) is 20.0. The van der Waals surface area contributed by atoms with E-state index in [1.165, 1.54) is 13.0 Å². The summed E-state index contributed by atoms with van der Waals surface area (Å²) in [7, 11) is -4.02. The number of carboxylic acids is 1. The third-order valence-corrected chi connectivity index (χ3v) is 5.10. The van der Waals surface area contributed by atoms with Crippen molar-refractivity contribution < 1.29 is 27.4 Å². The molecule has 1 heterocycles. The van der Waals surface area contributed by atoms with Crippen molar-refractivity contribution in [3.8, 4) is 0 Å². The number of ether oxygens (including phenoxy) is 1. The molecule has 1 fully saturated rings. The van der Waals surface area contributed by atoms with Gasteiger partial charge in [0.25, 0.3) is 0 Å². The standard InChI is InChI=1S/C14H18FNO5S/c1-9-6-11(2-3-12(9)15)22(19,20)16-13(14(17)18)7-10-4-5-21-8-10/h2-3,6,10,13,16H,4-5,7-8H2,1H3,(H,17,18). The molecule has 1 aromatic rings. The summed E-state index contributed by atoms with van der Waals surface area (Å²) in [4.78, 5) is 11.1. The minimum Gasteiger partial charge on any atom is -0.480 e. The van der Waals surface area contributed by atoms with Crippen molar-refractivity contribution in [3.05, 3.63) is 29.6 Å². The summed E-state index contributed by atoms with van der Waals surface area (Å²) in [5.41, 5.74) is 0.180. The molecule has 122 valence electrons. The maximum absolute atomic E-state index is 13.2. The number of nitrogens with one attached hydrogen (secondary N) is 1. The number of rotatable bonds is 6. The third-order valence-electron chi connectivity index (χ3n) is 3.63. The van der Waals surface area contributed by atoms with E-state index < -0.39 is 27.9 Å². The quantitative estimate of drug-likeness (QED) is 0.819. The summed E-state index contributed by atoms with van der Waals surface area (Å²) in [6, 6.07) is 2.10. The molecule has 8 heteroatoms. The van der Waals surface area contributed by atoms with Crippen LogP contribution in [-0.2, 0) is 19.6 Å². The van der Waals surface area contributed by atoms with Gasteiger partial charge in [0.15, 0.2) is 0 Å². The van der Waals surface area contributed by atoms with Gasteiger partial charge in [0.05, 0.1) is 4.90 Å². The summed E-state index contributed by atoms with van der Waals surface area (Å²) >= 11 is 0. The molecule has 0 aromatic heterocycles. The van der Waals surface area contributed by atoms with Gasteiger partial charge in [-0.3, -0.25) is 4.79 Å². The number of aliphatic carboxylic acids is 1. The van der Waals surface area contributed by atoms with Crippen LogP contribution in [0.3, 0.4) is 0 Å². The van der Waals surface area contributed by atoms with Gasteiger partial charge >= 0.3 is 5.97 Å². The van der Waals surface area contributed by atoms with Gasteiger partial charge < -0.3 is 9.84 Å². The lowest BCUT2D eigenvalue weighted by molar-refractivity contribution is -0.139. The maximum atomic E-state index is 13.2.